The van der Waals surface area contributed by atoms with Crippen molar-refractivity contribution in [3.05, 3.63) is 42.3 Å². The highest BCUT2D eigenvalue weighted by Gasteiger charge is 2.06. The van der Waals surface area contributed by atoms with Gasteiger partial charge in [0.15, 0.2) is 5.78 Å². The summed E-state index contributed by atoms with van der Waals surface area (Å²) in [6.45, 7) is 4.76. The summed E-state index contributed by atoms with van der Waals surface area (Å²) >= 11 is 0. The van der Waals surface area contributed by atoms with Gasteiger partial charge >= 0.3 is 0 Å². The Balaban J connectivity index is 3.20. The van der Waals surface area contributed by atoms with E-state index in [0.717, 1.165) is 12.1 Å². The summed E-state index contributed by atoms with van der Waals surface area (Å²) in [6.07, 6.45) is 0. The van der Waals surface area contributed by atoms with Crippen molar-refractivity contribution in [3.8, 4) is 0 Å². The van der Waals surface area contributed by atoms with Crippen LogP contribution in [0.2, 0.25) is 0 Å². The molecule has 0 fully saturated rings. The molecule has 0 unspecified atom stereocenters. The SMILES string of the molecule is [CH]C(=O)c1ccc(F)cc1F. The quantitative estimate of drug-likeness (QED) is 0.564. The molecule has 0 atom stereocenters. The van der Waals surface area contributed by atoms with Gasteiger partial charge in [0.25, 0.3) is 0 Å². The summed E-state index contributed by atoms with van der Waals surface area (Å²) in [5, 5.41) is 0. The number of hydrogen-bond acceptors (Lipinski definition) is 1. The van der Waals surface area contributed by atoms with Crippen LogP contribution in [0.15, 0.2) is 18.2 Å². The predicted octanol–water partition coefficient (Wildman–Crippen LogP) is 1.86. The Labute approximate surface area is 62.7 Å². The number of hydrogen-bond donors (Lipinski definition) is 0. The number of Topliss-reactive ketones (excluding diaryl/α,β-unsaturated/α-hetero) is 1. The lowest BCUT2D eigenvalue weighted by Gasteiger charge is -1.95. The van der Waals surface area contributed by atoms with Crippen LogP contribution in [0.4, 0.5) is 8.78 Å². The fraction of sp³-hybridized carbons (Fsp3) is 0. The van der Waals surface area contributed by atoms with E-state index in [-0.39, 0.29) is 5.56 Å². The van der Waals surface area contributed by atoms with Crippen molar-refractivity contribution in [1.82, 2.24) is 0 Å². The molecule has 56 valence electrons. The predicted molar refractivity (Wildman–Crippen MR) is 35.0 cm³/mol. The standard InChI is InChI=1S/C8H4F2O/c1-5(11)7-3-2-6(9)4-8(7)10/h1-4H. The van der Waals surface area contributed by atoms with Crippen LogP contribution in [0.1, 0.15) is 10.4 Å². The minimum atomic E-state index is -0.933. The summed E-state index contributed by atoms with van der Waals surface area (Å²) in [5.41, 5.74) is -0.300. The van der Waals surface area contributed by atoms with Crippen molar-refractivity contribution in [2.45, 2.75) is 0 Å². The molecule has 0 aliphatic rings. The average Bonchev–Trinajstić information content (AvgIpc) is 1.85. The summed E-state index contributed by atoms with van der Waals surface area (Å²) < 4.78 is 24.8. The van der Waals surface area contributed by atoms with Crippen LogP contribution >= 0.6 is 0 Å². The number of ketones is 1. The van der Waals surface area contributed by atoms with Crippen molar-refractivity contribution >= 4 is 5.78 Å². The molecule has 2 radical (unpaired) electrons. The zero-order valence-corrected chi connectivity index (χ0v) is 5.47. The highest BCUT2D eigenvalue weighted by atomic mass is 19.1. The van der Waals surface area contributed by atoms with Gasteiger partial charge in [0.05, 0.1) is 5.56 Å². The zero-order valence-electron chi connectivity index (χ0n) is 5.47. The van der Waals surface area contributed by atoms with E-state index >= 15 is 0 Å². The van der Waals surface area contributed by atoms with E-state index in [4.69, 9.17) is 6.92 Å². The summed E-state index contributed by atoms with van der Waals surface area (Å²) in [5.74, 6) is -2.56. The van der Waals surface area contributed by atoms with E-state index in [1.807, 2.05) is 0 Å². The maximum Gasteiger partial charge on any atom is 0.170 e. The van der Waals surface area contributed by atoms with E-state index in [2.05, 4.69) is 0 Å². The van der Waals surface area contributed by atoms with Gasteiger partial charge in [0.1, 0.15) is 11.6 Å². The molecule has 0 bridgehead atoms. The molecule has 0 heterocycles. The van der Waals surface area contributed by atoms with Crippen molar-refractivity contribution in [2.24, 2.45) is 0 Å². The van der Waals surface area contributed by atoms with E-state index in [1.54, 1.807) is 0 Å². The third kappa shape index (κ3) is 1.61. The fourth-order valence-electron chi connectivity index (χ4n) is 0.689. The van der Waals surface area contributed by atoms with Gasteiger partial charge in [-0.15, -0.1) is 0 Å². The summed E-state index contributed by atoms with van der Waals surface area (Å²) in [4.78, 5) is 10.4. The lowest BCUT2D eigenvalue weighted by atomic mass is 10.1. The zero-order chi connectivity index (χ0) is 8.43. The summed E-state index contributed by atoms with van der Waals surface area (Å²) in [6, 6.07) is 2.59. The average molecular weight is 154 g/mol. The number of rotatable bonds is 1. The van der Waals surface area contributed by atoms with Gasteiger partial charge in [-0.2, -0.15) is 0 Å². The molecule has 0 aromatic heterocycles. The van der Waals surface area contributed by atoms with Crippen molar-refractivity contribution in [2.75, 3.05) is 0 Å². The Morgan fingerprint density at radius 2 is 2.00 bits per heavy atom. The van der Waals surface area contributed by atoms with Crippen molar-refractivity contribution < 1.29 is 13.6 Å². The second-order valence-electron chi connectivity index (χ2n) is 1.99. The minimum absolute atomic E-state index is 0.300. The van der Waals surface area contributed by atoms with Crippen LogP contribution in [-0.4, -0.2) is 5.78 Å². The fourth-order valence-corrected chi connectivity index (χ4v) is 0.689. The first kappa shape index (κ1) is 7.85. The molecule has 0 saturated carbocycles. The first-order chi connectivity index (χ1) is 5.11. The molecule has 1 aromatic carbocycles. The van der Waals surface area contributed by atoms with E-state index < -0.39 is 17.4 Å². The van der Waals surface area contributed by atoms with Crippen LogP contribution in [0.25, 0.3) is 0 Å². The van der Waals surface area contributed by atoms with Gasteiger partial charge < -0.3 is 0 Å². The van der Waals surface area contributed by atoms with E-state index in [9.17, 15) is 13.6 Å². The van der Waals surface area contributed by atoms with Crippen LogP contribution in [0.5, 0.6) is 0 Å². The molecule has 3 heteroatoms. The second kappa shape index (κ2) is 2.78. The first-order valence-corrected chi connectivity index (χ1v) is 2.86. The molecular weight excluding hydrogens is 150 g/mol. The largest absolute Gasteiger partial charge is 0.294 e. The maximum absolute atomic E-state index is 12.6. The third-order valence-corrected chi connectivity index (χ3v) is 1.20. The third-order valence-electron chi connectivity index (χ3n) is 1.20. The van der Waals surface area contributed by atoms with Crippen molar-refractivity contribution in [3.63, 3.8) is 0 Å². The number of benzene rings is 1. The van der Waals surface area contributed by atoms with Gasteiger partial charge in [0.2, 0.25) is 0 Å². The number of carbonyl (C=O) groups is 1. The molecule has 0 aliphatic heterocycles. The normalized spacial score (nSPS) is 9.73. The molecule has 1 nitrogen and oxygen atoms in total. The summed E-state index contributed by atoms with van der Waals surface area (Å²) in [7, 11) is 0. The van der Waals surface area contributed by atoms with Gasteiger partial charge in [-0.05, 0) is 12.1 Å². The topological polar surface area (TPSA) is 17.1 Å². The van der Waals surface area contributed by atoms with E-state index in [0.29, 0.717) is 6.07 Å². The minimum Gasteiger partial charge on any atom is -0.294 e. The second-order valence-corrected chi connectivity index (χ2v) is 1.99. The molecular formula is C8H4F2O. The molecule has 1 aromatic rings. The van der Waals surface area contributed by atoms with Crippen molar-refractivity contribution in [1.29, 1.82) is 0 Å². The number of halogens is 2. The molecule has 1 rings (SSSR count). The number of carbonyl (C=O) groups excluding carboxylic acids is 1. The van der Waals surface area contributed by atoms with Crippen LogP contribution < -0.4 is 0 Å². The maximum atomic E-state index is 12.6. The molecule has 0 spiro atoms. The van der Waals surface area contributed by atoms with Gasteiger partial charge in [-0.25, -0.2) is 8.78 Å². The Kier molecular flexibility index (Phi) is 1.98. The molecule has 0 N–H and O–H groups in total. The smallest absolute Gasteiger partial charge is 0.170 e. The lowest BCUT2D eigenvalue weighted by molar-refractivity contribution is 0.104. The molecule has 0 aliphatic carbocycles. The van der Waals surface area contributed by atoms with Crippen LogP contribution in [-0.2, 0) is 0 Å². The first-order valence-electron chi connectivity index (χ1n) is 2.86. The van der Waals surface area contributed by atoms with Gasteiger partial charge in [-0.1, -0.05) is 0 Å². The van der Waals surface area contributed by atoms with E-state index in [1.165, 1.54) is 0 Å². The van der Waals surface area contributed by atoms with Gasteiger partial charge in [-0.3, -0.25) is 4.79 Å². The highest BCUT2D eigenvalue weighted by Crippen LogP contribution is 2.09. The molecule has 0 amide bonds. The highest BCUT2D eigenvalue weighted by molar-refractivity contribution is 5.99. The lowest BCUT2D eigenvalue weighted by Crippen LogP contribution is -1.97. The van der Waals surface area contributed by atoms with Gasteiger partial charge in [0, 0.05) is 13.0 Å². The molecule has 0 saturated heterocycles. The Hall–Kier alpha value is -1.25. The Morgan fingerprint density at radius 1 is 1.36 bits per heavy atom. The van der Waals surface area contributed by atoms with Crippen LogP contribution in [0.3, 0.4) is 0 Å². The van der Waals surface area contributed by atoms with Crippen LogP contribution in [0, 0.1) is 18.6 Å². The molecule has 11 heavy (non-hydrogen) atoms. The Morgan fingerprint density at radius 3 is 2.45 bits per heavy atom. The monoisotopic (exact) mass is 154 g/mol. The Bertz CT molecular complexity index is 294.